The van der Waals surface area contributed by atoms with E-state index in [1.807, 2.05) is 24.3 Å². The molecule has 4 rings (SSSR count). The Morgan fingerprint density at radius 1 is 1.00 bits per heavy atom. The highest BCUT2D eigenvalue weighted by Gasteiger charge is 2.33. The van der Waals surface area contributed by atoms with Crippen molar-refractivity contribution >= 4 is 35.1 Å². The summed E-state index contributed by atoms with van der Waals surface area (Å²) in [5, 5.41) is 2.81. The Morgan fingerprint density at radius 3 is 2.37 bits per heavy atom. The molecule has 0 saturated carbocycles. The van der Waals surface area contributed by atoms with Crippen molar-refractivity contribution < 1.29 is 27.5 Å². The van der Waals surface area contributed by atoms with Crippen molar-refractivity contribution in [2.75, 3.05) is 51.2 Å². The van der Waals surface area contributed by atoms with E-state index in [0.29, 0.717) is 31.1 Å². The van der Waals surface area contributed by atoms with Crippen LogP contribution in [0.5, 0.6) is 0 Å². The number of anilines is 2. The molecule has 2 aliphatic heterocycles. The predicted octanol–water partition coefficient (Wildman–Crippen LogP) is 7.17. The van der Waals surface area contributed by atoms with E-state index in [1.165, 1.54) is 28.8 Å². The van der Waals surface area contributed by atoms with Gasteiger partial charge in [0.05, 0.1) is 23.5 Å². The molecule has 0 aliphatic carbocycles. The Balaban J connectivity index is 1.27. The van der Waals surface area contributed by atoms with Crippen LogP contribution in [-0.2, 0) is 15.7 Å². The number of nitrogens with one attached hydrogen (secondary N) is 1. The normalized spacial score (nSPS) is 16.0. The SMILES string of the molecule is CNCC(=O)N(CCCN1CCC(CCCN2c3ccccc3Sc3ccc(C(F)(F)F)cc32)CC1)C(=O)OC(C)(C)C. The smallest absolute Gasteiger partial charge is 0.417 e. The minimum atomic E-state index is -4.38. The van der Waals surface area contributed by atoms with Gasteiger partial charge >= 0.3 is 12.3 Å². The van der Waals surface area contributed by atoms with Crippen molar-refractivity contribution in [1.82, 2.24) is 15.1 Å². The van der Waals surface area contributed by atoms with Gasteiger partial charge in [0.1, 0.15) is 5.60 Å². The number of likely N-dealkylation sites (N-methyl/N-ethyl adjacent to an activating group) is 1. The largest absolute Gasteiger partial charge is 0.443 e. The number of ether oxygens (including phenoxy) is 1. The zero-order chi connectivity index (χ0) is 31.2. The van der Waals surface area contributed by atoms with Crippen molar-refractivity contribution in [1.29, 1.82) is 0 Å². The number of hydrogen-bond acceptors (Lipinski definition) is 7. The second-order valence-electron chi connectivity index (χ2n) is 12.2. The van der Waals surface area contributed by atoms with Gasteiger partial charge in [0.25, 0.3) is 0 Å². The molecule has 0 unspecified atom stereocenters. The first-order valence-corrected chi connectivity index (χ1v) is 15.8. The number of imide groups is 1. The van der Waals surface area contributed by atoms with Crippen molar-refractivity contribution in [2.24, 2.45) is 5.92 Å². The summed E-state index contributed by atoms with van der Waals surface area (Å²) < 4.78 is 46.0. The number of benzene rings is 2. The Kier molecular flexibility index (Phi) is 11.1. The molecule has 2 amide bonds. The summed E-state index contributed by atoms with van der Waals surface area (Å²) in [5.74, 6) is 0.254. The van der Waals surface area contributed by atoms with E-state index in [0.717, 1.165) is 60.8 Å². The number of piperidine rings is 1. The van der Waals surface area contributed by atoms with Gasteiger partial charge in [0, 0.05) is 22.9 Å². The van der Waals surface area contributed by atoms with Crippen molar-refractivity contribution in [3.05, 3.63) is 48.0 Å². The molecule has 236 valence electrons. The lowest BCUT2D eigenvalue weighted by Crippen LogP contribution is -2.45. The summed E-state index contributed by atoms with van der Waals surface area (Å²) in [5.41, 5.74) is 0.289. The van der Waals surface area contributed by atoms with Crippen LogP contribution in [0.15, 0.2) is 52.3 Å². The third kappa shape index (κ3) is 9.12. The summed E-state index contributed by atoms with van der Waals surface area (Å²) in [6, 6.07) is 11.9. The van der Waals surface area contributed by atoms with E-state index in [9.17, 15) is 22.8 Å². The van der Waals surface area contributed by atoms with E-state index >= 15 is 0 Å². The highest BCUT2D eigenvalue weighted by molar-refractivity contribution is 7.99. The maximum absolute atomic E-state index is 13.5. The molecule has 0 radical (unpaired) electrons. The predicted molar refractivity (Wildman–Crippen MR) is 164 cm³/mol. The van der Waals surface area contributed by atoms with Gasteiger partial charge in [-0.15, -0.1) is 0 Å². The lowest BCUT2D eigenvalue weighted by molar-refractivity contribution is -0.137. The zero-order valence-electron chi connectivity index (χ0n) is 25.5. The second-order valence-corrected chi connectivity index (χ2v) is 13.3. The topological polar surface area (TPSA) is 65.1 Å². The Hall–Kier alpha value is -2.76. The number of carbonyl (C=O) groups excluding carboxylic acids is 2. The number of rotatable bonds is 10. The first-order chi connectivity index (χ1) is 20.4. The molecule has 11 heteroatoms. The summed E-state index contributed by atoms with van der Waals surface area (Å²) in [6.07, 6.45) is -0.321. The molecule has 0 aromatic heterocycles. The fraction of sp³-hybridized carbons (Fsp3) is 0.562. The average Bonchev–Trinajstić information content (AvgIpc) is 2.94. The van der Waals surface area contributed by atoms with Gasteiger partial charge in [0.2, 0.25) is 5.91 Å². The molecule has 1 N–H and O–H groups in total. The first kappa shape index (κ1) is 33.1. The minimum absolute atomic E-state index is 0.0710. The molecule has 2 aromatic carbocycles. The first-order valence-electron chi connectivity index (χ1n) is 15.0. The number of likely N-dealkylation sites (tertiary alicyclic amines) is 1. The number of halogens is 3. The van der Waals surface area contributed by atoms with Crippen LogP contribution in [0, 0.1) is 5.92 Å². The molecule has 43 heavy (non-hydrogen) atoms. The summed E-state index contributed by atoms with van der Waals surface area (Å²) >= 11 is 1.52. The molecule has 0 spiro atoms. The number of hydrogen-bond donors (Lipinski definition) is 1. The molecular formula is C32H43F3N4O3S. The highest BCUT2D eigenvalue weighted by atomic mass is 32.2. The van der Waals surface area contributed by atoms with Gasteiger partial charge in [-0.3, -0.25) is 4.79 Å². The van der Waals surface area contributed by atoms with Gasteiger partial charge < -0.3 is 19.9 Å². The average molecular weight is 621 g/mol. The third-order valence-corrected chi connectivity index (χ3v) is 8.88. The second kappa shape index (κ2) is 14.3. The van der Waals surface area contributed by atoms with E-state index in [1.54, 1.807) is 33.9 Å². The van der Waals surface area contributed by atoms with Crippen LogP contribution >= 0.6 is 11.8 Å². The number of amides is 2. The van der Waals surface area contributed by atoms with Crippen LogP contribution in [0.3, 0.4) is 0 Å². The minimum Gasteiger partial charge on any atom is -0.443 e. The Morgan fingerprint density at radius 2 is 1.70 bits per heavy atom. The maximum Gasteiger partial charge on any atom is 0.417 e. The molecule has 1 fully saturated rings. The van der Waals surface area contributed by atoms with Crippen LogP contribution in [0.2, 0.25) is 0 Å². The van der Waals surface area contributed by atoms with Crippen LogP contribution in [0.1, 0.15) is 58.4 Å². The lowest BCUT2D eigenvalue weighted by Gasteiger charge is -2.35. The lowest BCUT2D eigenvalue weighted by atomic mass is 9.92. The summed E-state index contributed by atoms with van der Waals surface area (Å²) in [7, 11) is 1.67. The molecule has 7 nitrogen and oxygen atoms in total. The van der Waals surface area contributed by atoms with Crippen LogP contribution < -0.4 is 10.2 Å². The number of alkyl halides is 3. The van der Waals surface area contributed by atoms with E-state index < -0.39 is 23.4 Å². The van der Waals surface area contributed by atoms with Crippen molar-refractivity contribution in [3.8, 4) is 0 Å². The van der Waals surface area contributed by atoms with E-state index in [-0.39, 0.29) is 12.5 Å². The van der Waals surface area contributed by atoms with E-state index in [2.05, 4.69) is 15.1 Å². The van der Waals surface area contributed by atoms with Gasteiger partial charge in [-0.25, -0.2) is 9.69 Å². The van der Waals surface area contributed by atoms with Crippen molar-refractivity contribution in [3.63, 3.8) is 0 Å². The molecule has 2 aliphatic rings. The van der Waals surface area contributed by atoms with Crippen LogP contribution in [0.4, 0.5) is 29.3 Å². The molecular weight excluding hydrogens is 577 g/mol. The fourth-order valence-electron chi connectivity index (χ4n) is 5.62. The molecule has 2 aromatic rings. The van der Waals surface area contributed by atoms with Gasteiger partial charge in [-0.2, -0.15) is 13.2 Å². The number of nitrogens with zero attached hydrogens (tertiary/aromatic N) is 3. The number of para-hydroxylation sites is 1. The monoisotopic (exact) mass is 620 g/mol. The quantitative estimate of drug-likeness (QED) is 0.302. The van der Waals surface area contributed by atoms with Gasteiger partial charge in [0.15, 0.2) is 0 Å². The summed E-state index contributed by atoms with van der Waals surface area (Å²) in [6.45, 7) is 9.07. The zero-order valence-corrected chi connectivity index (χ0v) is 26.3. The molecule has 0 atom stereocenters. The van der Waals surface area contributed by atoms with Crippen molar-refractivity contribution in [2.45, 2.75) is 74.4 Å². The van der Waals surface area contributed by atoms with Crippen LogP contribution in [0.25, 0.3) is 0 Å². The molecule has 2 heterocycles. The number of carbonyl (C=O) groups is 2. The Bertz CT molecular complexity index is 1260. The van der Waals surface area contributed by atoms with Crippen LogP contribution in [-0.4, -0.2) is 73.7 Å². The highest BCUT2D eigenvalue weighted by Crippen LogP contribution is 2.49. The fourth-order valence-corrected chi connectivity index (χ4v) is 6.69. The summed E-state index contributed by atoms with van der Waals surface area (Å²) in [4.78, 5) is 32.6. The Labute approximate surface area is 257 Å². The van der Waals surface area contributed by atoms with Gasteiger partial charge in [-0.05, 0) is 116 Å². The standard InChI is InChI=1S/C32H43F3N4O3S/c1-31(2,3)42-30(41)39(29(40)22-36-4)18-8-16-37-19-14-23(15-20-37)9-7-17-38-25-10-5-6-11-27(25)43-28-13-12-24(21-26(28)38)32(33,34)35/h5-6,10-13,21,23,36H,7-9,14-20,22H2,1-4H3. The van der Waals surface area contributed by atoms with Gasteiger partial charge in [-0.1, -0.05) is 23.9 Å². The maximum atomic E-state index is 13.5. The van der Waals surface area contributed by atoms with E-state index in [4.69, 9.17) is 4.74 Å². The molecule has 1 saturated heterocycles. The molecule has 0 bridgehead atoms. The number of fused-ring (bicyclic) bond motifs is 2. The third-order valence-electron chi connectivity index (χ3n) is 7.75.